The zero-order valence-corrected chi connectivity index (χ0v) is 19.9. The number of hydrogen-bond donors (Lipinski definition) is 2. The van der Waals surface area contributed by atoms with Crippen LogP contribution in [0.2, 0.25) is 0 Å². The molecule has 1 amide bonds. The predicted molar refractivity (Wildman–Crippen MR) is 131 cm³/mol. The van der Waals surface area contributed by atoms with Crippen molar-refractivity contribution < 1.29 is 18.2 Å². The average Bonchev–Trinajstić information content (AvgIpc) is 3.33. The van der Waals surface area contributed by atoms with Crippen molar-refractivity contribution in [3.63, 3.8) is 0 Å². The lowest BCUT2D eigenvalue weighted by Gasteiger charge is -2.12. The first-order valence-electron chi connectivity index (χ1n) is 10.5. The summed E-state index contributed by atoms with van der Waals surface area (Å²) in [5.74, 6) is -0.333. The quantitative estimate of drug-likeness (QED) is 0.385. The summed E-state index contributed by atoms with van der Waals surface area (Å²) < 4.78 is 28.6. The second kappa shape index (κ2) is 8.73. The zero-order chi connectivity index (χ0) is 23.0. The number of carbonyl (C=O) groups is 1. The van der Waals surface area contributed by atoms with E-state index in [2.05, 4.69) is 26.1 Å². The maximum absolute atomic E-state index is 12.9. The first-order chi connectivity index (χ1) is 15.9. The van der Waals surface area contributed by atoms with E-state index in [1.54, 1.807) is 5.38 Å². The number of carbonyl (C=O) groups excluding carboxylic acids is 1. The van der Waals surface area contributed by atoms with E-state index < -0.39 is 10.0 Å². The van der Waals surface area contributed by atoms with Gasteiger partial charge in [-0.05, 0) is 55.0 Å². The van der Waals surface area contributed by atoms with E-state index >= 15 is 0 Å². The number of aromatic nitrogens is 2. The Morgan fingerprint density at radius 1 is 1.15 bits per heavy atom. The highest BCUT2D eigenvalue weighted by Gasteiger charge is 2.24. The number of nitrogens with one attached hydrogen (secondary N) is 2. The van der Waals surface area contributed by atoms with E-state index in [9.17, 15) is 13.2 Å². The zero-order valence-electron chi connectivity index (χ0n) is 17.5. The number of H-pyrrole nitrogens is 1. The Morgan fingerprint density at radius 2 is 1.94 bits per heavy atom. The van der Waals surface area contributed by atoms with Gasteiger partial charge in [-0.15, -0.1) is 0 Å². The maximum atomic E-state index is 12.9. The fourth-order valence-electron chi connectivity index (χ4n) is 3.89. The Labute approximate surface area is 198 Å². The van der Waals surface area contributed by atoms with Crippen LogP contribution in [0.25, 0.3) is 14.9 Å². The van der Waals surface area contributed by atoms with Gasteiger partial charge < -0.3 is 20.8 Å². The summed E-state index contributed by atoms with van der Waals surface area (Å²) in [7, 11) is -3.88. The highest BCUT2D eigenvalue weighted by atomic mass is 32.2. The van der Waals surface area contributed by atoms with Gasteiger partial charge in [0.2, 0.25) is 10.0 Å². The number of rotatable bonds is 5. The molecule has 0 unspecified atom stereocenters. The molecule has 0 spiro atoms. The molecule has 170 valence electrons. The summed E-state index contributed by atoms with van der Waals surface area (Å²) in [5.41, 5.74) is 9.77. The van der Waals surface area contributed by atoms with Crippen LogP contribution in [0.1, 0.15) is 40.2 Å². The first-order valence-corrected chi connectivity index (χ1v) is 13.6. The average molecular weight is 500 g/mol. The summed E-state index contributed by atoms with van der Waals surface area (Å²) in [6.45, 7) is 0. The molecule has 0 bridgehead atoms. The first kappa shape index (κ1) is 21.8. The Balaban J connectivity index is 1.35. The predicted octanol–water partition coefficient (Wildman–Crippen LogP) is 4.67. The van der Waals surface area contributed by atoms with Gasteiger partial charge in [-0.2, -0.15) is 16.3 Å². The molecule has 33 heavy (non-hydrogen) atoms. The van der Waals surface area contributed by atoms with Crippen LogP contribution in [0.3, 0.4) is 0 Å². The molecule has 0 radical (unpaired) electrons. The molecule has 0 atom stereocenters. The molecule has 5 rings (SSSR count). The van der Waals surface area contributed by atoms with Crippen molar-refractivity contribution >= 4 is 65.3 Å². The number of anilines is 2. The number of benzene rings is 1. The Hall–Kier alpha value is -3.02. The monoisotopic (exact) mass is 499 g/mol. The van der Waals surface area contributed by atoms with Crippen molar-refractivity contribution in [3.8, 4) is 0 Å². The third-order valence-electron chi connectivity index (χ3n) is 5.56. The number of aryl methyl sites for hydroxylation is 2. The summed E-state index contributed by atoms with van der Waals surface area (Å²) in [6, 6.07) is 7.98. The van der Waals surface area contributed by atoms with Gasteiger partial charge in [0.15, 0.2) is 5.69 Å². The number of thiazole rings is 1. The lowest BCUT2D eigenvalue weighted by atomic mass is 10.1. The molecule has 4 aromatic rings. The van der Waals surface area contributed by atoms with E-state index in [0.717, 1.165) is 47.2 Å². The van der Waals surface area contributed by atoms with E-state index in [1.165, 1.54) is 59.5 Å². The number of pyridine rings is 1. The standard InChI is InChI=1S/C22H21N5O3S3/c23-18-16-12-13-4-2-1-3-5-17(13)26-21(16)32-19(18)20(28)25-14-6-8-15(9-7-14)33(29,30)27-22-24-10-11-31-22/h6-12H,1-5H2,(H4,23,24,25,27,28). The molecule has 4 N–H and O–H groups in total. The number of nitrogen functional groups attached to an aromatic ring is 1. The Kier molecular flexibility index (Phi) is 5.77. The lowest BCUT2D eigenvalue weighted by Crippen LogP contribution is -2.13. The van der Waals surface area contributed by atoms with Gasteiger partial charge in [0, 0.05) is 22.8 Å². The number of thiophene rings is 1. The van der Waals surface area contributed by atoms with E-state index in [4.69, 9.17) is 5.73 Å². The minimum atomic E-state index is -3.88. The molecule has 8 nitrogen and oxygen atoms in total. The van der Waals surface area contributed by atoms with Gasteiger partial charge in [-0.25, -0.2) is 8.42 Å². The molecule has 0 saturated heterocycles. The normalized spacial score (nSPS) is 13.9. The minimum Gasteiger partial charge on any atom is -0.433 e. The molecule has 1 aromatic carbocycles. The molecule has 0 saturated carbocycles. The molecule has 1 aliphatic carbocycles. The molecule has 0 fully saturated rings. The van der Waals surface area contributed by atoms with Crippen LogP contribution < -0.4 is 16.0 Å². The molecule has 3 aromatic heterocycles. The summed E-state index contributed by atoms with van der Waals surface area (Å²) in [4.78, 5) is 21.6. The largest absolute Gasteiger partial charge is 0.433 e. The topological polar surface area (TPSA) is 130 Å². The van der Waals surface area contributed by atoms with Crippen molar-refractivity contribution in [3.05, 3.63) is 62.8 Å². The van der Waals surface area contributed by atoms with Crippen molar-refractivity contribution in [1.29, 1.82) is 0 Å². The second-order valence-corrected chi connectivity index (χ2v) is 11.3. The Bertz CT molecular complexity index is 1430. The fourth-order valence-corrected chi connectivity index (χ4v) is 6.59. The van der Waals surface area contributed by atoms with Gasteiger partial charge in [-0.1, -0.05) is 24.0 Å². The van der Waals surface area contributed by atoms with Crippen LogP contribution in [0.5, 0.6) is 0 Å². The van der Waals surface area contributed by atoms with Gasteiger partial charge in [0.05, 0.1) is 16.0 Å². The molecular weight excluding hydrogens is 478 g/mol. The van der Waals surface area contributed by atoms with Crippen molar-refractivity contribution in [1.82, 2.24) is 4.98 Å². The minimum absolute atomic E-state index is 0.0215. The van der Waals surface area contributed by atoms with Crippen molar-refractivity contribution in [2.45, 2.75) is 37.0 Å². The summed E-state index contributed by atoms with van der Waals surface area (Å²) >= 11 is 2.47. The van der Waals surface area contributed by atoms with Gasteiger partial charge in [0.1, 0.15) is 4.88 Å². The molecular formula is C22H21N5O3S3. The van der Waals surface area contributed by atoms with Crippen molar-refractivity contribution in [2.75, 3.05) is 11.1 Å². The van der Waals surface area contributed by atoms with Gasteiger partial charge in [-0.3, -0.25) is 4.79 Å². The lowest BCUT2D eigenvalue weighted by molar-refractivity contribution is -0.355. The SMILES string of the molecule is Nc1c(C(=O)Nc2ccc(S(=O)(=O)[N-]c3nccs3)cc2)sc2[nH+]c3c(cc12)CCCCC3. The third kappa shape index (κ3) is 4.43. The van der Waals surface area contributed by atoms with E-state index in [1.807, 2.05) is 0 Å². The molecule has 1 aliphatic rings. The number of nitrogens with two attached hydrogens (primary N) is 1. The summed E-state index contributed by atoms with van der Waals surface area (Å²) in [5, 5.41) is 5.50. The smallest absolute Gasteiger partial charge is 0.270 e. The van der Waals surface area contributed by atoms with E-state index in [0.29, 0.717) is 16.3 Å². The number of nitrogens with zero attached hydrogens (tertiary/aromatic N) is 2. The van der Waals surface area contributed by atoms with Crippen molar-refractivity contribution in [2.24, 2.45) is 0 Å². The summed E-state index contributed by atoms with van der Waals surface area (Å²) in [6.07, 6.45) is 7.06. The van der Waals surface area contributed by atoms with Gasteiger partial charge in [0.25, 0.3) is 10.7 Å². The van der Waals surface area contributed by atoms with E-state index in [-0.39, 0.29) is 15.9 Å². The second-order valence-electron chi connectivity index (χ2n) is 7.78. The van der Waals surface area contributed by atoms with Crippen LogP contribution in [0.15, 0.2) is 46.8 Å². The third-order valence-corrected chi connectivity index (χ3v) is 8.76. The molecule has 3 heterocycles. The van der Waals surface area contributed by atoms with Crippen LogP contribution in [0.4, 0.5) is 16.5 Å². The number of amides is 1. The van der Waals surface area contributed by atoms with Crippen LogP contribution in [-0.4, -0.2) is 19.3 Å². The number of aromatic amines is 1. The Morgan fingerprint density at radius 3 is 2.70 bits per heavy atom. The number of hydrogen-bond acceptors (Lipinski definition) is 7. The maximum Gasteiger partial charge on any atom is 0.270 e. The fraction of sp³-hybridized carbons (Fsp3) is 0.227. The van der Waals surface area contributed by atoms with Crippen LogP contribution in [-0.2, 0) is 22.9 Å². The number of fused-ring (bicyclic) bond motifs is 2. The highest BCUT2D eigenvalue weighted by Crippen LogP contribution is 2.34. The van der Waals surface area contributed by atoms with Crippen LogP contribution in [0, 0.1) is 0 Å². The molecule has 0 aliphatic heterocycles. The van der Waals surface area contributed by atoms with Crippen LogP contribution >= 0.6 is 22.7 Å². The highest BCUT2D eigenvalue weighted by molar-refractivity contribution is 7.94. The van der Waals surface area contributed by atoms with Gasteiger partial charge >= 0.3 is 0 Å². The number of sulfonamides is 1. The molecule has 11 heteroatoms.